The zero-order valence-corrected chi connectivity index (χ0v) is 27.4. The lowest BCUT2D eigenvalue weighted by Crippen LogP contribution is -2.32. The van der Waals surface area contributed by atoms with Gasteiger partial charge in [-0.2, -0.15) is 10.2 Å². The molecule has 0 spiro atoms. The number of nitrogens with zero attached hydrogens (tertiary/aromatic N) is 6. The van der Waals surface area contributed by atoms with Crippen LogP contribution in [-0.2, 0) is 13.1 Å². The van der Waals surface area contributed by atoms with E-state index in [1.165, 1.54) is 5.69 Å². The number of rotatable bonds is 6. The lowest BCUT2D eigenvalue weighted by molar-refractivity contribution is 0.102. The predicted molar refractivity (Wildman–Crippen MR) is 181 cm³/mol. The number of aryl methyl sites for hydroxylation is 2. The SMILES string of the molecule is Cc1c(NC(=O)c2cc3n(n2)CCCC3N2CC[C@@H](O)C2)cccc1-c1cccc(-c2cc3n(n2)CCCC3N2CC[C@@H](O)C2)c1C. The Labute approximate surface area is 276 Å². The second-order valence-corrected chi connectivity index (χ2v) is 14.0. The van der Waals surface area contributed by atoms with Crippen LogP contribution in [0, 0.1) is 13.8 Å². The highest BCUT2D eigenvalue weighted by Gasteiger charge is 2.34. The van der Waals surface area contributed by atoms with Gasteiger partial charge in [0.15, 0.2) is 5.69 Å². The van der Waals surface area contributed by atoms with E-state index in [-0.39, 0.29) is 24.2 Å². The summed E-state index contributed by atoms with van der Waals surface area (Å²) < 4.78 is 4.16. The van der Waals surface area contributed by atoms with Crippen LogP contribution >= 0.6 is 0 Å². The Bertz CT molecular complexity index is 1810. The molecule has 0 saturated carbocycles. The number of carbonyl (C=O) groups excluding carboxylic acids is 1. The van der Waals surface area contributed by atoms with E-state index in [1.807, 2.05) is 22.9 Å². The third kappa shape index (κ3) is 5.61. The zero-order chi connectivity index (χ0) is 32.2. The maximum Gasteiger partial charge on any atom is 0.276 e. The predicted octanol–water partition coefficient (Wildman–Crippen LogP) is 5.09. The Balaban J connectivity index is 1.05. The number of β-amino-alcohol motifs (C(OH)–C–C–N with tert-alkyl or cyclic N) is 2. The molecule has 4 aliphatic heterocycles. The molecule has 2 aromatic heterocycles. The van der Waals surface area contributed by atoms with Crippen LogP contribution in [0.4, 0.5) is 5.69 Å². The molecule has 1 amide bonds. The monoisotopic (exact) mass is 635 g/mol. The third-order valence-corrected chi connectivity index (χ3v) is 11.0. The number of hydrogen-bond donors (Lipinski definition) is 3. The number of carbonyl (C=O) groups is 1. The van der Waals surface area contributed by atoms with Gasteiger partial charge in [0.25, 0.3) is 5.91 Å². The Morgan fingerprint density at radius 1 is 0.723 bits per heavy atom. The third-order valence-electron chi connectivity index (χ3n) is 11.0. The normalized spacial score (nSPS) is 24.8. The second kappa shape index (κ2) is 12.3. The number of likely N-dealkylation sites (tertiary alicyclic amines) is 2. The molecule has 0 aliphatic carbocycles. The van der Waals surface area contributed by atoms with Crippen molar-refractivity contribution in [3.05, 3.63) is 76.7 Å². The van der Waals surface area contributed by atoms with Crippen molar-refractivity contribution in [2.24, 2.45) is 0 Å². The number of amides is 1. The lowest BCUT2D eigenvalue weighted by Gasteiger charge is -2.31. The van der Waals surface area contributed by atoms with E-state index in [4.69, 9.17) is 10.2 Å². The topological polar surface area (TPSA) is 112 Å². The number of anilines is 1. The van der Waals surface area contributed by atoms with Gasteiger partial charge in [-0.3, -0.25) is 24.0 Å². The van der Waals surface area contributed by atoms with Gasteiger partial charge in [0.1, 0.15) is 0 Å². The standard InChI is InChI=1S/C37H45N7O3/c1-23-27(7-3-9-29(23)31-19-35-33(11-5-15-43(35)39-31)41-17-13-25(45)21-41)28-8-4-10-30(24(28)2)38-37(47)32-20-36-34(12-6-16-44(36)40-32)42-18-14-26(46)22-42/h3-4,7-10,19-20,25-26,33-34,45-46H,5-6,11-18,21-22H2,1-2H3,(H,38,47)/t25-,26-,33?,34?/m1/s1. The average molecular weight is 636 g/mol. The van der Waals surface area contributed by atoms with Gasteiger partial charge in [-0.1, -0.05) is 30.3 Å². The molecule has 2 aromatic carbocycles. The van der Waals surface area contributed by atoms with Gasteiger partial charge in [-0.25, -0.2) is 0 Å². The van der Waals surface area contributed by atoms with Crippen LogP contribution in [0.25, 0.3) is 22.4 Å². The number of hydrogen-bond acceptors (Lipinski definition) is 7. The summed E-state index contributed by atoms with van der Waals surface area (Å²) >= 11 is 0. The molecule has 0 bridgehead atoms. The van der Waals surface area contributed by atoms with Gasteiger partial charge >= 0.3 is 0 Å². The van der Waals surface area contributed by atoms with Crippen LogP contribution in [0.2, 0.25) is 0 Å². The van der Waals surface area contributed by atoms with Gasteiger partial charge < -0.3 is 15.5 Å². The number of aliphatic hydroxyl groups is 2. The first-order valence-corrected chi connectivity index (χ1v) is 17.3. The van der Waals surface area contributed by atoms with Crippen molar-refractivity contribution in [1.82, 2.24) is 29.4 Å². The molecule has 47 heavy (non-hydrogen) atoms. The summed E-state index contributed by atoms with van der Waals surface area (Å²) in [6, 6.07) is 17.2. The van der Waals surface area contributed by atoms with Crippen LogP contribution in [0.3, 0.4) is 0 Å². The molecule has 2 saturated heterocycles. The Morgan fingerprint density at radius 3 is 1.94 bits per heavy atom. The fourth-order valence-electron chi connectivity index (χ4n) is 8.46. The van der Waals surface area contributed by atoms with Gasteiger partial charge in [-0.05, 0) is 92.8 Å². The highest BCUT2D eigenvalue weighted by atomic mass is 16.3. The van der Waals surface area contributed by atoms with E-state index in [0.29, 0.717) is 18.3 Å². The maximum atomic E-state index is 13.6. The van der Waals surface area contributed by atoms with Crippen molar-refractivity contribution >= 4 is 11.6 Å². The van der Waals surface area contributed by atoms with Crippen molar-refractivity contribution in [3.63, 3.8) is 0 Å². The second-order valence-electron chi connectivity index (χ2n) is 14.0. The van der Waals surface area contributed by atoms with E-state index in [9.17, 15) is 15.0 Å². The van der Waals surface area contributed by atoms with Crippen LogP contribution in [0.1, 0.15) is 83.6 Å². The average Bonchev–Trinajstić information content (AvgIpc) is 3.88. The molecule has 0 radical (unpaired) electrons. The van der Waals surface area contributed by atoms with Crippen molar-refractivity contribution in [3.8, 4) is 22.4 Å². The molecule has 10 nitrogen and oxygen atoms in total. The minimum absolute atomic E-state index is 0.190. The summed E-state index contributed by atoms with van der Waals surface area (Å²) in [4.78, 5) is 18.3. The number of fused-ring (bicyclic) bond motifs is 2. The first kappa shape index (κ1) is 30.5. The van der Waals surface area contributed by atoms with Crippen LogP contribution < -0.4 is 5.32 Å². The maximum absolute atomic E-state index is 13.6. The molecule has 2 unspecified atom stereocenters. The lowest BCUT2D eigenvalue weighted by atomic mass is 9.91. The smallest absolute Gasteiger partial charge is 0.276 e. The molecule has 6 heterocycles. The van der Waals surface area contributed by atoms with E-state index in [2.05, 4.69) is 64.0 Å². The first-order chi connectivity index (χ1) is 22.8. The Kier molecular flexibility index (Phi) is 7.99. The number of nitrogens with one attached hydrogen (secondary N) is 1. The van der Waals surface area contributed by atoms with Gasteiger partial charge in [-0.15, -0.1) is 0 Å². The van der Waals surface area contributed by atoms with Gasteiger partial charge in [0.05, 0.1) is 41.4 Å². The summed E-state index contributed by atoms with van der Waals surface area (Å²) in [5.41, 5.74) is 9.97. The summed E-state index contributed by atoms with van der Waals surface area (Å²) in [5.74, 6) is -0.207. The zero-order valence-electron chi connectivity index (χ0n) is 27.4. The van der Waals surface area contributed by atoms with E-state index in [0.717, 1.165) is 116 Å². The van der Waals surface area contributed by atoms with Crippen molar-refractivity contribution < 1.29 is 15.0 Å². The van der Waals surface area contributed by atoms with Crippen LogP contribution in [-0.4, -0.2) is 83.9 Å². The summed E-state index contributed by atoms with van der Waals surface area (Å²) in [6.45, 7) is 9.17. The van der Waals surface area contributed by atoms with E-state index >= 15 is 0 Å². The number of aliphatic hydroxyl groups excluding tert-OH is 2. The molecular formula is C37H45N7O3. The van der Waals surface area contributed by atoms with Crippen molar-refractivity contribution in [2.45, 2.75) is 89.8 Å². The molecule has 10 heteroatoms. The van der Waals surface area contributed by atoms with Gasteiger partial charge in [0.2, 0.25) is 0 Å². The van der Waals surface area contributed by atoms with Crippen LogP contribution in [0.15, 0.2) is 48.5 Å². The number of benzene rings is 2. The van der Waals surface area contributed by atoms with Crippen LogP contribution in [0.5, 0.6) is 0 Å². The molecule has 246 valence electrons. The van der Waals surface area contributed by atoms with Crippen molar-refractivity contribution in [2.75, 3.05) is 31.5 Å². The summed E-state index contributed by atoms with van der Waals surface area (Å²) in [5, 5.41) is 33.2. The molecule has 4 aromatic rings. The molecule has 8 rings (SSSR count). The Hall–Kier alpha value is -3.83. The largest absolute Gasteiger partial charge is 0.392 e. The van der Waals surface area contributed by atoms with E-state index < -0.39 is 0 Å². The minimum atomic E-state index is -0.274. The summed E-state index contributed by atoms with van der Waals surface area (Å²) in [7, 11) is 0. The highest BCUT2D eigenvalue weighted by Crippen LogP contribution is 2.39. The molecule has 2 fully saturated rings. The first-order valence-electron chi connectivity index (χ1n) is 17.3. The van der Waals surface area contributed by atoms with Gasteiger partial charge in [0, 0.05) is 50.5 Å². The Morgan fingerprint density at radius 2 is 1.30 bits per heavy atom. The van der Waals surface area contributed by atoms with E-state index in [1.54, 1.807) is 0 Å². The quantitative estimate of drug-likeness (QED) is 0.271. The summed E-state index contributed by atoms with van der Waals surface area (Å²) in [6.07, 6.45) is 5.35. The fraction of sp³-hybridized carbons (Fsp3) is 0.486. The highest BCUT2D eigenvalue weighted by molar-refractivity contribution is 6.04. The molecule has 4 atom stereocenters. The molecule has 4 aliphatic rings. The minimum Gasteiger partial charge on any atom is -0.392 e. The molecular weight excluding hydrogens is 590 g/mol. The number of aromatic nitrogens is 4. The van der Waals surface area contributed by atoms with Crippen molar-refractivity contribution in [1.29, 1.82) is 0 Å². The molecule has 3 N–H and O–H groups in total. The fourth-order valence-corrected chi connectivity index (χ4v) is 8.46.